The lowest BCUT2D eigenvalue weighted by Crippen LogP contribution is -2.33. The highest BCUT2D eigenvalue weighted by molar-refractivity contribution is 6.30. The van der Waals surface area contributed by atoms with Crippen LogP contribution in [0.1, 0.15) is 30.9 Å². The molecule has 0 spiro atoms. The fraction of sp³-hybridized carbons (Fsp3) is 0.364. The third-order valence-corrected chi connectivity index (χ3v) is 5.77. The Morgan fingerprint density at radius 2 is 1.68 bits per heavy atom. The van der Waals surface area contributed by atoms with Crippen molar-refractivity contribution in [1.29, 1.82) is 0 Å². The normalized spacial score (nSPS) is 15.4. The first-order valence-electron chi connectivity index (χ1n) is 9.52. The molecular formula is C22H22ClF2N3. The van der Waals surface area contributed by atoms with Gasteiger partial charge in [0.2, 0.25) is 0 Å². The number of pyridine rings is 2. The van der Waals surface area contributed by atoms with Gasteiger partial charge in [0, 0.05) is 30.1 Å². The Morgan fingerprint density at radius 3 is 2.32 bits per heavy atom. The molecule has 0 unspecified atom stereocenters. The van der Waals surface area contributed by atoms with E-state index in [1.807, 2.05) is 0 Å². The number of anilines is 1. The number of hydrogen-bond acceptors (Lipinski definition) is 3. The number of nitrogens with zero attached hydrogens (tertiary/aromatic N) is 3. The second-order valence-corrected chi connectivity index (χ2v) is 8.13. The van der Waals surface area contributed by atoms with Crippen LogP contribution >= 0.6 is 11.6 Å². The molecule has 6 heteroatoms. The van der Waals surface area contributed by atoms with E-state index in [-0.39, 0.29) is 11.3 Å². The lowest BCUT2D eigenvalue weighted by Gasteiger charge is -2.32. The molecule has 1 aliphatic heterocycles. The van der Waals surface area contributed by atoms with Crippen LogP contribution in [0.4, 0.5) is 14.6 Å². The molecule has 3 nitrogen and oxygen atoms in total. The molecule has 1 fully saturated rings. The number of halogens is 3. The molecule has 28 heavy (non-hydrogen) atoms. The molecule has 1 aromatic carbocycles. The summed E-state index contributed by atoms with van der Waals surface area (Å²) >= 11 is 6.12. The maximum Gasteiger partial charge on any atom is 0.138 e. The number of rotatable bonds is 2. The van der Waals surface area contributed by atoms with Gasteiger partial charge in [-0.15, -0.1) is 0 Å². The molecule has 0 radical (unpaired) electrons. The highest BCUT2D eigenvalue weighted by Gasteiger charge is 2.23. The molecule has 4 rings (SSSR count). The van der Waals surface area contributed by atoms with E-state index in [2.05, 4.69) is 16.8 Å². The summed E-state index contributed by atoms with van der Waals surface area (Å²) in [5.74, 6) is 0.220. The number of piperidine rings is 1. The third kappa shape index (κ3) is 3.32. The Morgan fingerprint density at radius 1 is 1.04 bits per heavy atom. The molecule has 0 amide bonds. The number of benzene rings is 1. The Hall–Kier alpha value is -2.27. The van der Waals surface area contributed by atoms with E-state index in [1.54, 1.807) is 32.2 Å². The smallest absolute Gasteiger partial charge is 0.138 e. The third-order valence-electron chi connectivity index (χ3n) is 5.56. The fourth-order valence-corrected chi connectivity index (χ4v) is 4.02. The van der Waals surface area contributed by atoms with Gasteiger partial charge in [-0.2, -0.15) is 0 Å². The average molecular weight is 402 g/mol. The standard InChI is InChI=1S/C22H22ClF2N3/c1-12-4-6-28(7-5-12)22-16-10-18(23)26-11-15(16)9-17(27-22)19-20(24)13(2)8-14(3)21(19)25/h8-12H,4-7H2,1-3H3. The van der Waals surface area contributed by atoms with Gasteiger partial charge >= 0.3 is 0 Å². The minimum absolute atomic E-state index is 0.0824. The summed E-state index contributed by atoms with van der Waals surface area (Å²) < 4.78 is 29.8. The van der Waals surface area contributed by atoms with E-state index < -0.39 is 11.6 Å². The summed E-state index contributed by atoms with van der Waals surface area (Å²) in [7, 11) is 0. The summed E-state index contributed by atoms with van der Waals surface area (Å²) in [6.07, 6.45) is 3.74. The summed E-state index contributed by atoms with van der Waals surface area (Å²) in [5, 5.41) is 1.99. The van der Waals surface area contributed by atoms with Crippen molar-refractivity contribution in [2.24, 2.45) is 5.92 Å². The van der Waals surface area contributed by atoms with Crippen molar-refractivity contribution in [2.75, 3.05) is 18.0 Å². The first-order valence-corrected chi connectivity index (χ1v) is 9.89. The Bertz CT molecular complexity index is 1030. The fourth-order valence-electron chi connectivity index (χ4n) is 3.86. The number of hydrogen-bond donors (Lipinski definition) is 0. The van der Waals surface area contributed by atoms with E-state index in [4.69, 9.17) is 16.6 Å². The molecule has 0 atom stereocenters. The van der Waals surface area contributed by atoms with E-state index in [0.29, 0.717) is 28.0 Å². The minimum Gasteiger partial charge on any atom is -0.356 e. The van der Waals surface area contributed by atoms with Crippen molar-refractivity contribution in [3.05, 3.63) is 52.3 Å². The zero-order valence-electron chi connectivity index (χ0n) is 16.2. The van der Waals surface area contributed by atoms with Crippen molar-refractivity contribution in [3.63, 3.8) is 0 Å². The van der Waals surface area contributed by atoms with Gasteiger partial charge in [-0.25, -0.2) is 18.7 Å². The van der Waals surface area contributed by atoms with Crippen molar-refractivity contribution >= 4 is 28.2 Å². The Labute approximate surface area is 168 Å². The summed E-state index contributed by atoms with van der Waals surface area (Å²) in [6.45, 7) is 7.22. The van der Waals surface area contributed by atoms with Crippen LogP contribution in [0.15, 0.2) is 24.4 Å². The molecule has 1 saturated heterocycles. The Kier molecular flexibility index (Phi) is 4.96. The highest BCUT2D eigenvalue weighted by atomic mass is 35.5. The lowest BCUT2D eigenvalue weighted by molar-refractivity contribution is 0.437. The second kappa shape index (κ2) is 7.28. The predicted molar refractivity (Wildman–Crippen MR) is 110 cm³/mol. The minimum atomic E-state index is -0.574. The van der Waals surface area contributed by atoms with Crippen LogP contribution in [0.2, 0.25) is 5.15 Å². The topological polar surface area (TPSA) is 29.0 Å². The number of aromatic nitrogens is 2. The van der Waals surface area contributed by atoms with Gasteiger partial charge in [-0.3, -0.25) is 0 Å². The second-order valence-electron chi connectivity index (χ2n) is 7.74. The number of fused-ring (bicyclic) bond motifs is 1. The largest absolute Gasteiger partial charge is 0.356 e. The number of aryl methyl sites for hydroxylation is 2. The zero-order chi connectivity index (χ0) is 20.0. The van der Waals surface area contributed by atoms with Crippen molar-refractivity contribution in [1.82, 2.24) is 9.97 Å². The molecule has 2 aromatic heterocycles. The molecule has 3 heterocycles. The van der Waals surface area contributed by atoms with Crippen LogP contribution < -0.4 is 4.90 Å². The van der Waals surface area contributed by atoms with Gasteiger partial charge in [-0.1, -0.05) is 24.6 Å². The van der Waals surface area contributed by atoms with Gasteiger partial charge in [0.15, 0.2) is 0 Å². The molecule has 146 valence electrons. The first kappa shape index (κ1) is 19.1. The van der Waals surface area contributed by atoms with Gasteiger partial charge in [0.05, 0.1) is 11.3 Å². The van der Waals surface area contributed by atoms with Crippen LogP contribution in [-0.2, 0) is 0 Å². The average Bonchev–Trinajstić information content (AvgIpc) is 2.67. The summed E-state index contributed by atoms with van der Waals surface area (Å²) in [6, 6.07) is 4.98. The van der Waals surface area contributed by atoms with E-state index >= 15 is 0 Å². The predicted octanol–water partition coefficient (Wildman–Crippen LogP) is 6.08. The molecule has 0 saturated carbocycles. The SMILES string of the molecule is Cc1cc(C)c(F)c(-c2cc3cnc(Cl)cc3c(N3CCC(C)CC3)n2)c1F. The monoisotopic (exact) mass is 401 g/mol. The van der Waals surface area contributed by atoms with Crippen molar-refractivity contribution in [3.8, 4) is 11.3 Å². The van der Waals surface area contributed by atoms with Crippen LogP contribution in [0.25, 0.3) is 22.0 Å². The lowest BCUT2D eigenvalue weighted by atomic mass is 9.98. The summed E-state index contributed by atoms with van der Waals surface area (Å²) in [4.78, 5) is 11.1. The molecule has 0 N–H and O–H groups in total. The van der Waals surface area contributed by atoms with Gasteiger partial charge < -0.3 is 4.90 Å². The van der Waals surface area contributed by atoms with E-state index in [1.165, 1.54) is 6.07 Å². The van der Waals surface area contributed by atoms with Gasteiger partial charge in [0.25, 0.3) is 0 Å². The molecular weight excluding hydrogens is 380 g/mol. The van der Waals surface area contributed by atoms with Crippen LogP contribution in [-0.4, -0.2) is 23.1 Å². The van der Waals surface area contributed by atoms with Crippen LogP contribution in [0.3, 0.4) is 0 Å². The maximum absolute atomic E-state index is 14.9. The van der Waals surface area contributed by atoms with Gasteiger partial charge in [0.1, 0.15) is 22.6 Å². The molecule has 0 bridgehead atoms. The van der Waals surface area contributed by atoms with Crippen molar-refractivity contribution < 1.29 is 8.78 Å². The van der Waals surface area contributed by atoms with Crippen molar-refractivity contribution in [2.45, 2.75) is 33.6 Å². The highest BCUT2D eigenvalue weighted by Crippen LogP contribution is 2.36. The maximum atomic E-state index is 14.9. The quantitative estimate of drug-likeness (QED) is 0.487. The van der Waals surface area contributed by atoms with E-state index in [0.717, 1.165) is 36.7 Å². The van der Waals surface area contributed by atoms with E-state index in [9.17, 15) is 8.78 Å². The van der Waals surface area contributed by atoms with Gasteiger partial charge in [-0.05, 0) is 55.9 Å². The molecule has 3 aromatic rings. The molecule has 1 aliphatic rings. The first-order chi connectivity index (χ1) is 13.3. The zero-order valence-corrected chi connectivity index (χ0v) is 16.9. The van der Waals surface area contributed by atoms with Crippen LogP contribution in [0.5, 0.6) is 0 Å². The van der Waals surface area contributed by atoms with Crippen LogP contribution in [0, 0.1) is 31.4 Å². The Balaban J connectivity index is 1.96. The molecule has 0 aliphatic carbocycles. The summed E-state index contributed by atoms with van der Waals surface area (Å²) in [5.41, 5.74) is 1.00.